The first kappa shape index (κ1) is 19.0. The van der Waals surface area contributed by atoms with Crippen molar-refractivity contribution in [2.24, 2.45) is 0 Å². The number of hydrogen-bond donors (Lipinski definition) is 1. The van der Waals surface area contributed by atoms with Gasteiger partial charge in [0, 0.05) is 17.0 Å². The Kier molecular flexibility index (Phi) is 6.14. The summed E-state index contributed by atoms with van der Waals surface area (Å²) in [6.07, 6.45) is 0. The SMILES string of the molecule is CCOc1ccc(OCC[NH2+]Cc2cc(=O)oc3c(C)c(C)ccc23)cc1. The molecule has 0 amide bonds. The quantitative estimate of drug-likeness (QED) is 0.490. The Labute approximate surface area is 158 Å². The molecule has 0 aliphatic carbocycles. The summed E-state index contributed by atoms with van der Waals surface area (Å²) in [5.74, 6) is 1.67. The van der Waals surface area contributed by atoms with E-state index in [1.165, 1.54) is 0 Å². The average Bonchev–Trinajstić information content (AvgIpc) is 2.66. The minimum Gasteiger partial charge on any atom is -0.494 e. The van der Waals surface area contributed by atoms with Gasteiger partial charge >= 0.3 is 5.63 Å². The lowest BCUT2D eigenvalue weighted by Crippen LogP contribution is -2.83. The van der Waals surface area contributed by atoms with E-state index in [1.807, 2.05) is 51.1 Å². The molecule has 2 aromatic carbocycles. The van der Waals surface area contributed by atoms with Crippen molar-refractivity contribution in [3.05, 3.63) is 69.6 Å². The standard InChI is InChI=1S/C22H25NO4/c1-4-25-18-6-8-19(9-7-18)26-12-11-23-14-17-13-21(24)27-22-16(3)15(2)5-10-20(17)22/h5-10,13,23H,4,11-12,14H2,1-3H3/p+1. The van der Waals surface area contributed by atoms with Crippen LogP contribution in [0.15, 0.2) is 51.7 Å². The molecule has 142 valence electrons. The first-order valence-electron chi connectivity index (χ1n) is 9.28. The highest BCUT2D eigenvalue weighted by molar-refractivity contribution is 5.83. The van der Waals surface area contributed by atoms with Gasteiger partial charge in [-0.1, -0.05) is 12.1 Å². The smallest absolute Gasteiger partial charge is 0.336 e. The maximum absolute atomic E-state index is 11.9. The van der Waals surface area contributed by atoms with Crippen molar-refractivity contribution < 1.29 is 19.2 Å². The van der Waals surface area contributed by atoms with Crippen molar-refractivity contribution in [1.82, 2.24) is 0 Å². The molecule has 1 heterocycles. The third-order valence-electron chi connectivity index (χ3n) is 4.61. The van der Waals surface area contributed by atoms with Crippen molar-refractivity contribution in [2.45, 2.75) is 27.3 Å². The fourth-order valence-electron chi connectivity index (χ4n) is 3.01. The Morgan fingerprint density at radius 3 is 2.41 bits per heavy atom. The first-order chi connectivity index (χ1) is 13.1. The number of hydrogen-bond acceptors (Lipinski definition) is 4. The largest absolute Gasteiger partial charge is 0.494 e. The Morgan fingerprint density at radius 2 is 1.70 bits per heavy atom. The predicted molar refractivity (Wildman–Crippen MR) is 106 cm³/mol. The number of ether oxygens (including phenoxy) is 2. The van der Waals surface area contributed by atoms with E-state index in [1.54, 1.807) is 6.07 Å². The lowest BCUT2D eigenvalue weighted by Gasteiger charge is -2.09. The highest BCUT2D eigenvalue weighted by Crippen LogP contribution is 2.22. The van der Waals surface area contributed by atoms with E-state index >= 15 is 0 Å². The molecule has 5 nitrogen and oxygen atoms in total. The molecule has 0 atom stereocenters. The summed E-state index contributed by atoms with van der Waals surface area (Å²) in [6, 6.07) is 13.3. The van der Waals surface area contributed by atoms with Crippen molar-refractivity contribution in [3.63, 3.8) is 0 Å². The maximum atomic E-state index is 11.9. The summed E-state index contributed by atoms with van der Waals surface area (Å²) in [6.45, 7) is 8.70. The molecule has 0 aliphatic heterocycles. The van der Waals surface area contributed by atoms with Gasteiger partial charge in [0.1, 0.15) is 36.8 Å². The first-order valence-corrected chi connectivity index (χ1v) is 9.28. The van der Waals surface area contributed by atoms with Gasteiger partial charge in [0.25, 0.3) is 0 Å². The summed E-state index contributed by atoms with van der Waals surface area (Å²) < 4.78 is 16.6. The molecule has 0 fully saturated rings. The molecule has 0 spiro atoms. The summed E-state index contributed by atoms with van der Waals surface area (Å²) >= 11 is 0. The van der Waals surface area contributed by atoms with Gasteiger partial charge in [0.2, 0.25) is 0 Å². The number of rotatable bonds is 8. The van der Waals surface area contributed by atoms with Gasteiger partial charge < -0.3 is 19.2 Å². The minimum atomic E-state index is -0.301. The summed E-state index contributed by atoms with van der Waals surface area (Å²) in [4.78, 5) is 11.9. The van der Waals surface area contributed by atoms with Gasteiger partial charge in [-0.15, -0.1) is 0 Å². The Morgan fingerprint density at radius 1 is 1.00 bits per heavy atom. The zero-order valence-electron chi connectivity index (χ0n) is 16.1. The van der Waals surface area contributed by atoms with Crippen LogP contribution in [0.4, 0.5) is 0 Å². The molecule has 27 heavy (non-hydrogen) atoms. The van der Waals surface area contributed by atoms with E-state index in [9.17, 15) is 4.79 Å². The summed E-state index contributed by atoms with van der Waals surface area (Å²) in [7, 11) is 0. The van der Waals surface area contributed by atoms with E-state index in [4.69, 9.17) is 13.9 Å². The van der Waals surface area contributed by atoms with Gasteiger partial charge in [-0.05, 0) is 56.2 Å². The molecule has 3 aromatic rings. The van der Waals surface area contributed by atoms with Gasteiger partial charge in [-0.2, -0.15) is 0 Å². The molecular weight excluding hydrogens is 342 g/mol. The molecule has 2 N–H and O–H groups in total. The zero-order chi connectivity index (χ0) is 19.2. The molecular formula is C22H26NO4+. The zero-order valence-corrected chi connectivity index (χ0v) is 16.1. The van der Waals surface area contributed by atoms with Crippen LogP contribution in [0.1, 0.15) is 23.6 Å². The minimum absolute atomic E-state index is 0.301. The molecule has 3 rings (SSSR count). The van der Waals surface area contributed by atoms with Crippen LogP contribution in [0.2, 0.25) is 0 Å². The maximum Gasteiger partial charge on any atom is 0.336 e. The van der Waals surface area contributed by atoms with E-state index < -0.39 is 0 Å². The Balaban J connectivity index is 1.56. The lowest BCUT2D eigenvalue weighted by atomic mass is 10.0. The van der Waals surface area contributed by atoms with E-state index in [2.05, 4.69) is 11.4 Å². The van der Waals surface area contributed by atoms with Crippen LogP contribution in [-0.4, -0.2) is 19.8 Å². The second kappa shape index (κ2) is 8.73. The molecule has 0 saturated heterocycles. The van der Waals surface area contributed by atoms with Gasteiger partial charge in [-0.3, -0.25) is 0 Å². The third-order valence-corrected chi connectivity index (χ3v) is 4.61. The van der Waals surface area contributed by atoms with Crippen LogP contribution in [-0.2, 0) is 6.54 Å². The molecule has 0 radical (unpaired) electrons. The number of aryl methyl sites for hydroxylation is 2. The normalized spacial score (nSPS) is 10.9. The van der Waals surface area contributed by atoms with Crippen LogP contribution in [0.25, 0.3) is 11.0 Å². The third kappa shape index (κ3) is 4.68. The van der Waals surface area contributed by atoms with E-state index in [-0.39, 0.29) is 5.63 Å². The van der Waals surface area contributed by atoms with Gasteiger partial charge in [0.15, 0.2) is 0 Å². The second-order valence-electron chi connectivity index (χ2n) is 6.51. The fraction of sp³-hybridized carbons (Fsp3) is 0.318. The lowest BCUT2D eigenvalue weighted by molar-refractivity contribution is -0.671. The van der Waals surface area contributed by atoms with Crippen molar-refractivity contribution in [2.75, 3.05) is 19.8 Å². The highest BCUT2D eigenvalue weighted by atomic mass is 16.5. The summed E-state index contributed by atoms with van der Waals surface area (Å²) in [5, 5.41) is 3.14. The van der Waals surface area contributed by atoms with Crippen LogP contribution >= 0.6 is 0 Å². The van der Waals surface area contributed by atoms with Crippen LogP contribution in [0.3, 0.4) is 0 Å². The second-order valence-corrected chi connectivity index (χ2v) is 6.51. The highest BCUT2D eigenvalue weighted by Gasteiger charge is 2.10. The topological polar surface area (TPSA) is 65.3 Å². The Hall–Kier alpha value is -2.79. The van der Waals surface area contributed by atoms with Crippen LogP contribution in [0, 0.1) is 13.8 Å². The monoisotopic (exact) mass is 368 g/mol. The molecule has 0 unspecified atom stereocenters. The number of fused-ring (bicyclic) bond motifs is 1. The van der Waals surface area contributed by atoms with Gasteiger partial charge in [0.05, 0.1) is 6.61 Å². The number of benzene rings is 2. The average molecular weight is 368 g/mol. The predicted octanol–water partition coefficient (Wildman–Crippen LogP) is 2.95. The molecule has 1 aromatic heterocycles. The van der Waals surface area contributed by atoms with Crippen molar-refractivity contribution in [1.29, 1.82) is 0 Å². The molecule has 0 aliphatic rings. The number of quaternary nitrogens is 1. The molecule has 0 bridgehead atoms. The van der Waals surface area contributed by atoms with E-state index in [0.717, 1.165) is 40.1 Å². The van der Waals surface area contributed by atoms with Crippen LogP contribution in [0.5, 0.6) is 11.5 Å². The fourth-order valence-corrected chi connectivity index (χ4v) is 3.01. The number of nitrogens with two attached hydrogens (primary N) is 1. The molecule has 0 saturated carbocycles. The van der Waals surface area contributed by atoms with Crippen molar-refractivity contribution >= 4 is 11.0 Å². The molecule has 5 heteroatoms. The van der Waals surface area contributed by atoms with Crippen molar-refractivity contribution in [3.8, 4) is 11.5 Å². The van der Waals surface area contributed by atoms with Crippen LogP contribution < -0.4 is 20.4 Å². The summed E-state index contributed by atoms with van der Waals surface area (Å²) in [5.41, 5.74) is 3.52. The van der Waals surface area contributed by atoms with Gasteiger partial charge in [-0.25, -0.2) is 4.79 Å². The Bertz CT molecular complexity index is 960. The van der Waals surface area contributed by atoms with E-state index in [0.29, 0.717) is 25.3 Å².